The van der Waals surface area contributed by atoms with Crippen molar-refractivity contribution in [3.63, 3.8) is 0 Å². The second-order valence-electron chi connectivity index (χ2n) is 4.28. The molecule has 0 aromatic carbocycles. The number of hydrogen-bond acceptors (Lipinski definition) is 3. The molecule has 1 amide bonds. The summed E-state index contributed by atoms with van der Waals surface area (Å²) in [7, 11) is 1.64. The molecule has 0 rings (SSSR count). The van der Waals surface area contributed by atoms with Gasteiger partial charge in [-0.3, -0.25) is 9.59 Å². The Kier molecular flexibility index (Phi) is 9.49. The van der Waals surface area contributed by atoms with E-state index in [0.717, 1.165) is 32.1 Å². The molecule has 0 aliphatic carbocycles. The fourth-order valence-corrected chi connectivity index (χ4v) is 1.38. The molecule has 0 saturated heterocycles. The number of unbranched alkanes of at least 4 members (excludes halogenated alkanes) is 3. The van der Waals surface area contributed by atoms with E-state index in [9.17, 15) is 9.59 Å². The summed E-state index contributed by atoms with van der Waals surface area (Å²) in [6, 6.07) is 0. The quantitative estimate of drug-likeness (QED) is 0.461. The van der Waals surface area contributed by atoms with Gasteiger partial charge in [0.1, 0.15) is 6.54 Å². The molecule has 0 atom stereocenters. The molecule has 0 N–H and O–H groups in total. The van der Waals surface area contributed by atoms with Crippen molar-refractivity contribution in [2.75, 3.05) is 20.2 Å². The number of nitrogens with zero attached hydrogens (tertiary/aromatic N) is 1. The lowest BCUT2D eigenvalue weighted by Crippen LogP contribution is -2.32. The van der Waals surface area contributed by atoms with E-state index in [-0.39, 0.29) is 18.4 Å². The van der Waals surface area contributed by atoms with Gasteiger partial charge in [0.05, 0.1) is 6.61 Å². The van der Waals surface area contributed by atoms with Crippen molar-refractivity contribution in [2.24, 2.45) is 0 Å². The minimum atomic E-state index is -0.312. The molecule has 0 spiro atoms. The molecule has 4 nitrogen and oxygen atoms in total. The standard InChI is InChI=1S/C13H25NO3/c1-4-6-8-10-17-13(16)11-14(3)12(15)9-7-5-2/h4-11H2,1-3H3. The third-order valence-corrected chi connectivity index (χ3v) is 2.55. The van der Waals surface area contributed by atoms with Crippen molar-refractivity contribution >= 4 is 11.9 Å². The lowest BCUT2D eigenvalue weighted by molar-refractivity contribution is -0.148. The van der Waals surface area contributed by atoms with Gasteiger partial charge in [0.25, 0.3) is 0 Å². The first-order valence-electron chi connectivity index (χ1n) is 6.51. The molecule has 0 heterocycles. The zero-order valence-electron chi connectivity index (χ0n) is 11.3. The number of carbonyl (C=O) groups excluding carboxylic acids is 2. The first kappa shape index (κ1) is 15.9. The van der Waals surface area contributed by atoms with Crippen LogP contribution in [0.25, 0.3) is 0 Å². The molecule has 0 aliphatic rings. The molecule has 0 aliphatic heterocycles. The molecule has 17 heavy (non-hydrogen) atoms. The third kappa shape index (κ3) is 8.72. The second-order valence-corrected chi connectivity index (χ2v) is 4.28. The van der Waals surface area contributed by atoms with Gasteiger partial charge >= 0.3 is 5.97 Å². The van der Waals surface area contributed by atoms with Crippen LogP contribution in [0, 0.1) is 0 Å². The summed E-state index contributed by atoms with van der Waals surface area (Å²) < 4.78 is 5.04. The number of rotatable bonds is 9. The molecule has 100 valence electrons. The number of esters is 1. The van der Waals surface area contributed by atoms with E-state index in [1.807, 2.05) is 6.92 Å². The van der Waals surface area contributed by atoms with Gasteiger partial charge in [0.2, 0.25) is 5.91 Å². The van der Waals surface area contributed by atoms with Crippen LogP contribution < -0.4 is 0 Å². The van der Waals surface area contributed by atoms with Crippen molar-refractivity contribution in [3.05, 3.63) is 0 Å². The van der Waals surface area contributed by atoms with Crippen LogP contribution in [0.4, 0.5) is 0 Å². The summed E-state index contributed by atoms with van der Waals surface area (Å²) in [5, 5.41) is 0. The SMILES string of the molecule is CCCCCOC(=O)CN(C)C(=O)CCCC. The Bertz CT molecular complexity index is 229. The maximum absolute atomic E-state index is 11.5. The topological polar surface area (TPSA) is 46.6 Å². The monoisotopic (exact) mass is 243 g/mol. The van der Waals surface area contributed by atoms with E-state index >= 15 is 0 Å². The molecule has 0 fully saturated rings. The van der Waals surface area contributed by atoms with Crippen molar-refractivity contribution < 1.29 is 14.3 Å². The normalized spacial score (nSPS) is 10.1. The third-order valence-electron chi connectivity index (χ3n) is 2.55. The van der Waals surface area contributed by atoms with Crippen LogP contribution >= 0.6 is 0 Å². The van der Waals surface area contributed by atoms with Gasteiger partial charge in [-0.05, 0) is 12.8 Å². The smallest absolute Gasteiger partial charge is 0.325 e. The van der Waals surface area contributed by atoms with Gasteiger partial charge in [-0.25, -0.2) is 0 Å². The molecular weight excluding hydrogens is 218 g/mol. The molecule has 0 saturated carbocycles. The van der Waals surface area contributed by atoms with E-state index in [2.05, 4.69) is 6.92 Å². The molecule has 0 unspecified atom stereocenters. The maximum atomic E-state index is 11.5. The van der Waals surface area contributed by atoms with E-state index < -0.39 is 0 Å². The second kappa shape index (κ2) is 10.1. The van der Waals surface area contributed by atoms with Crippen LogP contribution in [0.5, 0.6) is 0 Å². The zero-order chi connectivity index (χ0) is 13.1. The Hall–Kier alpha value is -1.06. The highest BCUT2D eigenvalue weighted by Gasteiger charge is 2.12. The molecule has 0 aromatic rings. The predicted octanol–water partition coefficient (Wildman–Crippen LogP) is 2.37. The Morgan fingerprint density at radius 2 is 1.71 bits per heavy atom. The number of amides is 1. The number of ether oxygens (including phenoxy) is 1. The van der Waals surface area contributed by atoms with Crippen LogP contribution in [0.1, 0.15) is 52.4 Å². The van der Waals surface area contributed by atoms with Gasteiger partial charge in [-0.15, -0.1) is 0 Å². The highest BCUT2D eigenvalue weighted by molar-refractivity contribution is 5.81. The van der Waals surface area contributed by atoms with Gasteiger partial charge in [0.15, 0.2) is 0 Å². The summed E-state index contributed by atoms with van der Waals surface area (Å²) in [5.41, 5.74) is 0. The average Bonchev–Trinajstić information content (AvgIpc) is 2.31. The Morgan fingerprint density at radius 1 is 1.06 bits per heavy atom. The van der Waals surface area contributed by atoms with E-state index in [1.54, 1.807) is 7.05 Å². The van der Waals surface area contributed by atoms with Crippen molar-refractivity contribution in [1.82, 2.24) is 4.90 Å². The van der Waals surface area contributed by atoms with Crippen molar-refractivity contribution in [2.45, 2.75) is 52.4 Å². The number of hydrogen-bond donors (Lipinski definition) is 0. The number of likely N-dealkylation sites (N-methyl/N-ethyl adjacent to an activating group) is 1. The summed E-state index contributed by atoms with van der Waals surface area (Å²) in [6.45, 7) is 4.66. The van der Waals surface area contributed by atoms with Crippen LogP contribution in [0.3, 0.4) is 0 Å². The minimum Gasteiger partial charge on any atom is -0.464 e. The van der Waals surface area contributed by atoms with Crippen molar-refractivity contribution in [1.29, 1.82) is 0 Å². The lowest BCUT2D eigenvalue weighted by atomic mass is 10.2. The van der Waals surface area contributed by atoms with Crippen molar-refractivity contribution in [3.8, 4) is 0 Å². The zero-order valence-corrected chi connectivity index (χ0v) is 11.3. The van der Waals surface area contributed by atoms with Crippen LogP contribution in [0.15, 0.2) is 0 Å². The summed E-state index contributed by atoms with van der Waals surface area (Å²) in [6.07, 6.45) is 5.44. The fraction of sp³-hybridized carbons (Fsp3) is 0.846. The van der Waals surface area contributed by atoms with Gasteiger partial charge in [0, 0.05) is 13.5 Å². The molecule has 0 radical (unpaired) electrons. The Balaban J connectivity index is 3.67. The average molecular weight is 243 g/mol. The minimum absolute atomic E-state index is 0.0114. The molecule has 4 heteroatoms. The Morgan fingerprint density at radius 3 is 2.29 bits per heavy atom. The summed E-state index contributed by atoms with van der Waals surface area (Å²) >= 11 is 0. The van der Waals surface area contributed by atoms with Gasteiger partial charge < -0.3 is 9.64 Å². The fourth-order valence-electron chi connectivity index (χ4n) is 1.38. The predicted molar refractivity (Wildman–Crippen MR) is 67.6 cm³/mol. The Labute approximate surface area is 104 Å². The highest BCUT2D eigenvalue weighted by Crippen LogP contribution is 2.00. The molecular formula is C13H25NO3. The highest BCUT2D eigenvalue weighted by atomic mass is 16.5. The summed E-state index contributed by atoms with van der Waals surface area (Å²) in [4.78, 5) is 24.4. The van der Waals surface area contributed by atoms with Crippen LogP contribution in [-0.2, 0) is 14.3 Å². The number of carbonyl (C=O) groups is 2. The maximum Gasteiger partial charge on any atom is 0.325 e. The van der Waals surface area contributed by atoms with Gasteiger partial charge in [-0.2, -0.15) is 0 Å². The first-order chi connectivity index (χ1) is 8.11. The lowest BCUT2D eigenvalue weighted by Gasteiger charge is -2.16. The van der Waals surface area contributed by atoms with E-state index in [1.165, 1.54) is 4.90 Å². The van der Waals surface area contributed by atoms with Crippen LogP contribution in [0.2, 0.25) is 0 Å². The summed E-state index contributed by atoms with van der Waals surface area (Å²) in [5.74, 6) is -0.300. The largest absolute Gasteiger partial charge is 0.464 e. The van der Waals surface area contributed by atoms with E-state index in [0.29, 0.717) is 13.0 Å². The first-order valence-corrected chi connectivity index (χ1v) is 6.51. The van der Waals surface area contributed by atoms with E-state index in [4.69, 9.17) is 4.74 Å². The molecule has 0 bridgehead atoms. The molecule has 0 aromatic heterocycles. The van der Waals surface area contributed by atoms with Crippen LogP contribution in [-0.4, -0.2) is 37.0 Å². The van der Waals surface area contributed by atoms with Gasteiger partial charge in [-0.1, -0.05) is 33.1 Å².